The standard InChI is InChI=1S/C10H8BrN3O3S/c1-17-9(15)7-4-6(11)5-8(13-7)14(16)10-12-2-3-18-10/h2-5,16H,1H3. The number of hydrogen-bond donors (Lipinski definition) is 1. The molecule has 0 spiro atoms. The molecule has 0 atom stereocenters. The van der Waals surface area contributed by atoms with Gasteiger partial charge in [0.05, 0.1) is 7.11 Å². The molecule has 0 saturated carbocycles. The van der Waals surface area contributed by atoms with Crippen LogP contribution in [-0.4, -0.2) is 28.3 Å². The zero-order valence-corrected chi connectivity index (χ0v) is 11.6. The minimum Gasteiger partial charge on any atom is -0.464 e. The lowest BCUT2D eigenvalue weighted by molar-refractivity contribution is 0.0594. The van der Waals surface area contributed by atoms with Crippen molar-refractivity contribution >= 4 is 44.2 Å². The molecule has 1 N–H and O–H groups in total. The van der Waals surface area contributed by atoms with E-state index in [1.54, 1.807) is 17.6 Å². The summed E-state index contributed by atoms with van der Waals surface area (Å²) in [5.41, 5.74) is 0.0949. The zero-order chi connectivity index (χ0) is 13.1. The van der Waals surface area contributed by atoms with Crippen LogP contribution in [0.15, 0.2) is 28.2 Å². The number of carbonyl (C=O) groups excluding carboxylic acids is 1. The van der Waals surface area contributed by atoms with Crippen LogP contribution in [0.4, 0.5) is 10.9 Å². The number of nitrogens with zero attached hydrogens (tertiary/aromatic N) is 3. The van der Waals surface area contributed by atoms with Crippen molar-refractivity contribution in [1.82, 2.24) is 9.97 Å². The summed E-state index contributed by atoms with van der Waals surface area (Å²) >= 11 is 4.48. The van der Waals surface area contributed by atoms with Crippen molar-refractivity contribution in [2.24, 2.45) is 0 Å². The molecule has 2 aromatic rings. The van der Waals surface area contributed by atoms with Crippen molar-refractivity contribution < 1.29 is 14.7 Å². The van der Waals surface area contributed by atoms with E-state index in [9.17, 15) is 10.0 Å². The molecular weight excluding hydrogens is 322 g/mol. The van der Waals surface area contributed by atoms with Crippen LogP contribution in [0.1, 0.15) is 10.5 Å². The number of aromatic nitrogens is 2. The Balaban J connectivity index is 2.39. The van der Waals surface area contributed by atoms with Gasteiger partial charge in [0, 0.05) is 16.0 Å². The first kappa shape index (κ1) is 12.9. The zero-order valence-electron chi connectivity index (χ0n) is 9.20. The van der Waals surface area contributed by atoms with Gasteiger partial charge in [-0.1, -0.05) is 15.9 Å². The lowest BCUT2D eigenvalue weighted by Gasteiger charge is -2.13. The summed E-state index contributed by atoms with van der Waals surface area (Å²) in [5.74, 6) is -0.398. The first-order valence-electron chi connectivity index (χ1n) is 4.76. The Kier molecular flexibility index (Phi) is 3.90. The van der Waals surface area contributed by atoms with E-state index in [0.29, 0.717) is 9.60 Å². The van der Waals surface area contributed by atoms with Crippen LogP contribution in [0, 0.1) is 0 Å². The van der Waals surface area contributed by atoms with Crippen molar-refractivity contribution in [3.63, 3.8) is 0 Å². The number of hydrogen-bond acceptors (Lipinski definition) is 7. The van der Waals surface area contributed by atoms with E-state index in [2.05, 4.69) is 30.6 Å². The Morgan fingerprint density at radius 2 is 2.33 bits per heavy atom. The van der Waals surface area contributed by atoms with Crippen molar-refractivity contribution in [2.75, 3.05) is 12.2 Å². The Morgan fingerprint density at radius 3 is 2.94 bits per heavy atom. The number of carbonyl (C=O) groups is 1. The molecule has 0 aromatic carbocycles. The number of halogens is 1. The minimum atomic E-state index is -0.579. The number of esters is 1. The number of thiazole rings is 1. The summed E-state index contributed by atoms with van der Waals surface area (Å²) in [6.45, 7) is 0. The maximum absolute atomic E-state index is 11.4. The molecule has 0 amide bonds. The quantitative estimate of drug-likeness (QED) is 0.689. The maximum Gasteiger partial charge on any atom is 0.356 e. The normalized spacial score (nSPS) is 10.2. The fourth-order valence-corrected chi connectivity index (χ4v) is 2.20. The summed E-state index contributed by atoms with van der Waals surface area (Å²) < 4.78 is 5.18. The molecule has 18 heavy (non-hydrogen) atoms. The second-order valence-corrected chi connectivity index (χ2v) is 4.94. The van der Waals surface area contributed by atoms with Crippen LogP contribution in [0.2, 0.25) is 0 Å². The Morgan fingerprint density at radius 1 is 1.56 bits per heavy atom. The Bertz CT molecular complexity index is 562. The molecule has 8 heteroatoms. The number of methoxy groups -OCH3 is 1. The molecule has 0 bridgehead atoms. The van der Waals surface area contributed by atoms with Crippen molar-refractivity contribution in [3.05, 3.63) is 33.9 Å². The highest BCUT2D eigenvalue weighted by Crippen LogP contribution is 2.26. The third kappa shape index (κ3) is 2.66. The van der Waals surface area contributed by atoms with Crippen LogP contribution >= 0.6 is 27.3 Å². The Labute approximate surface area is 115 Å². The van der Waals surface area contributed by atoms with Crippen LogP contribution in [-0.2, 0) is 4.74 Å². The molecule has 2 rings (SSSR count). The summed E-state index contributed by atoms with van der Waals surface area (Å²) in [6, 6.07) is 3.07. The van der Waals surface area contributed by atoms with E-state index in [-0.39, 0.29) is 11.5 Å². The van der Waals surface area contributed by atoms with Crippen molar-refractivity contribution in [2.45, 2.75) is 0 Å². The Hall–Kier alpha value is -1.51. The molecule has 2 heterocycles. The maximum atomic E-state index is 11.4. The number of pyridine rings is 1. The molecule has 0 aliphatic rings. The van der Waals surface area contributed by atoms with Gasteiger partial charge in [-0.2, -0.15) is 5.06 Å². The molecule has 0 aliphatic carbocycles. The second kappa shape index (κ2) is 5.42. The summed E-state index contributed by atoms with van der Waals surface area (Å²) in [5, 5.41) is 12.8. The van der Waals surface area contributed by atoms with Crippen LogP contribution < -0.4 is 5.06 Å². The predicted molar refractivity (Wildman–Crippen MR) is 69.3 cm³/mol. The molecule has 94 valence electrons. The molecule has 0 aliphatic heterocycles. The van der Waals surface area contributed by atoms with E-state index in [0.717, 1.165) is 5.06 Å². The molecule has 0 unspecified atom stereocenters. The monoisotopic (exact) mass is 329 g/mol. The first-order valence-corrected chi connectivity index (χ1v) is 6.43. The van der Waals surface area contributed by atoms with E-state index in [1.807, 2.05) is 0 Å². The van der Waals surface area contributed by atoms with Gasteiger partial charge in [-0.15, -0.1) is 11.3 Å². The fourth-order valence-electron chi connectivity index (χ4n) is 1.22. The minimum absolute atomic E-state index is 0.0949. The van der Waals surface area contributed by atoms with Gasteiger partial charge in [0.2, 0.25) is 5.13 Å². The van der Waals surface area contributed by atoms with Crippen molar-refractivity contribution in [1.29, 1.82) is 0 Å². The molecule has 2 aromatic heterocycles. The predicted octanol–water partition coefficient (Wildman–Crippen LogP) is 2.61. The lowest BCUT2D eigenvalue weighted by atomic mass is 10.3. The average molecular weight is 330 g/mol. The molecule has 6 nitrogen and oxygen atoms in total. The largest absolute Gasteiger partial charge is 0.464 e. The summed E-state index contributed by atoms with van der Waals surface area (Å²) in [4.78, 5) is 19.3. The summed E-state index contributed by atoms with van der Waals surface area (Å²) in [7, 11) is 1.27. The highest BCUT2D eigenvalue weighted by molar-refractivity contribution is 9.10. The van der Waals surface area contributed by atoms with Gasteiger partial charge >= 0.3 is 5.97 Å². The van der Waals surface area contributed by atoms with Gasteiger partial charge in [-0.05, 0) is 12.1 Å². The van der Waals surface area contributed by atoms with Gasteiger partial charge < -0.3 is 4.74 Å². The highest BCUT2D eigenvalue weighted by Gasteiger charge is 2.15. The van der Waals surface area contributed by atoms with E-state index < -0.39 is 5.97 Å². The first-order chi connectivity index (χ1) is 8.61. The number of anilines is 2. The van der Waals surface area contributed by atoms with E-state index >= 15 is 0 Å². The molecule has 0 saturated heterocycles. The molecule has 0 radical (unpaired) electrons. The second-order valence-electron chi connectivity index (χ2n) is 3.15. The van der Waals surface area contributed by atoms with Gasteiger partial charge in [0.1, 0.15) is 0 Å². The van der Waals surface area contributed by atoms with Gasteiger partial charge in [0.25, 0.3) is 0 Å². The van der Waals surface area contributed by atoms with Gasteiger partial charge in [0.15, 0.2) is 11.5 Å². The van der Waals surface area contributed by atoms with Gasteiger partial charge in [-0.25, -0.2) is 14.8 Å². The van der Waals surface area contributed by atoms with Gasteiger partial charge in [-0.3, -0.25) is 5.21 Å². The van der Waals surface area contributed by atoms with Crippen molar-refractivity contribution in [3.8, 4) is 0 Å². The van der Waals surface area contributed by atoms with Crippen LogP contribution in [0.5, 0.6) is 0 Å². The smallest absolute Gasteiger partial charge is 0.356 e. The third-order valence-electron chi connectivity index (χ3n) is 1.99. The van der Waals surface area contributed by atoms with Crippen LogP contribution in [0.3, 0.4) is 0 Å². The SMILES string of the molecule is COC(=O)c1cc(Br)cc(N(O)c2nccs2)n1. The lowest BCUT2D eigenvalue weighted by Crippen LogP contribution is -2.14. The molecule has 0 fully saturated rings. The fraction of sp³-hybridized carbons (Fsp3) is 0.100. The van der Waals surface area contributed by atoms with E-state index in [4.69, 9.17) is 0 Å². The average Bonchev–Trinajstić information content (AvgIpc) is 2.90. The van der Waals surface area contributed by atoms with Crippen LogP contribution in [0.25, 0.3) is 0 Å². The highest BCUT2D eigenvalue weighted by atomic mass is 79.9. The molecular formula is C10H8BrN3O3S. The topological polar surface area (TPSA) is 75.5 Å². The third-order valence-corrected chi connectivity index (χ3v) is 3.19. The summed E-state index contributed by atoms with van der Waals surface area (Å²) in [6.07, 6.45) is 1.56. The van der Waals surface area contributed by atoms with E-state index in [1.165, 1.54) is 24.5 Å². The number of ether oxygens (including phenoxy) is 1. The number of rotatable bonds is 3.